The summed E-state index contributed by atoms with van der Waals surface area (Å²) in [5.41, 5.74) is 1.72. The number of benzene rings is 2. The van der Waals surface area contributed by atoms with E-state index in [1.54, 1.807) is 18.2 Å². The smallest absolute Gasteiger partial charge is 0.261 e. The fourth-order valence-electron chi connectivity index (χ4n) is 3.52. The van der Waals surface area contributed by atoms with Crippen LogP contribution < -0.4 is 10.1 Å². The van der Waals surface area contributed by atoms with E-state index in [0.717, 1.165) is 16.5 Å². The molecule has 0 spiro atoms. The van der Waals surface area contributed by atoms with Gasteiger partial charge in [-0.25, -0.2) is 0 Å². The molecule has 2 aromatic carbocycles. The molecule has 0 saturated carbocycles. The van der Waals surface area contributed by atoms with E-state index in [4.69, 9.17) is 27.9 Å². The van der Waals surface area contributed by atoms with Gasteiger partial charge in [0.2, 0.25) is 5.91 Å². The summed E-state index contributed by atoms with van der Waals surface area (Å²) in [7, 11) is 0. The van der Waals surface area contributed by atoms with Crippen molar-refractivity contribution in [2.75, 3.05) is 6.61 Å². The SMILES string of the molecule is CC[C@H](C)NC(=O)[C@H](CC)N(Cc1c(Cl)cccc1Cl)C(=O)COc1ccc(C(C)(C)C)cc1Br. The molecule has 0 unspecified atom stereocenters. The molecule has 8 heteroatoms. The normalized spacial score (nSPS) is 13.2. The van der Waals surface area contributed by atoms with E-state index < -0.39 is 6.04 Å². The summed E-state index contributed by atoms with van der Waals surface area (Å²) in [5.74, 6) is 0.00667. The minimum absolute atomic E-state index is 0.00839. The minimum atomic E-state index is -0.695. The van der Waals surface area contributed by atoms with Gasteiger partial charge < -0.3 is 15.0 Å². The third-order valence-electron chi connectivity index (χ3n) is 5.93. The highest BCUT2D eigenvalue weighted by Crippen LogP contribution is 2.32. The second kappa shape index (κ2) is 13.0. The predicted octanol–water partition coefficient (Wildman–Crippen LogP) is 7.15. The average Bonchev–Trinajstić information content (AvgIpc) is 2.78. The molecular weight excluding hydrogens is 551 g/mol. The standard InChI is InChI=1S/C27H35BrCl2N2O3/c1-7-17(3)31-26(34)23(8-2)32(15-19-21(29)10-9-11-22(19)30)25(33)16-35-24-13-12-18(14-20(24)28)27(4,5)6/h9-14,17,23H,7-8,15-16H2,1-6H3,(H,31,34)/t17-,23-/m0/s1. The van der Waals surface area contributed by atoms with Crippen molar-refractivity contribution in [1.82, 2.24) is 10.2 Å². The van der Waals surface area contributed by atoms with Gasteiger partial charge in [0, 0.05) is 28.2 Å². The Balaban J connectivity index is 2.31. The van der Waals surface area contributed by atoms with E-state index in [9.17, 15) is 9.59 Å². The van der Waals surface area contributed by atoms with Crippen LogP contribution in [0.5, 0.6) is 5.75 Å². The van der Waals surface area contributed by atoms with Gasteiger partial charge in [0.25, 0.3) is 5.91 Å². The van der Waals surface area contributed by atoms with Gasteiger partial charge in [-0.05, 0) is 70.9 Å². The molecule has 0 aliphatic rings. The Morgan fingerprint density at radius 3 is 2.23 bits per heavy atom. The highest BCUT2D eigenvalue weighted by atomic mass is 79.9. The van der Waals surface area contributed by atoms with E-state index in [1.807, 2.05) is 39.0 Å². The van der Waals surface area contributed by atoms with Crippen molar-refractivity contribution in [3.63, 3.8) is 0 Å². The molecule has 192 valence electrons. The third kappa shape index (κ3) is 8.12. The first-order valence-electron chi connectivity index (χ1n) is 11.8. The molecule has 2 atom stereocenters. The maximum Gasteiger partial charge on any atom is 0.261 e. The zero-order valence-corrected chi connectivity index (χ0v) is 24.4. The molecule has 0 bridgehead atoms. The summed E-state index contributed by atoms with van der Waals surface area (Å²) in [6.45, 7) is 12.1. The molecule has 0 radical (unpaired) electrons. The number of amides is 2. The molecule has 0 aliphatic heterocycles. The van der Waals surface area contributed by atoms with Crippen LogP contribution in [-0.4, -0.2) is 35.4 Å². The number of ether oxygens (including phenoxy) is 1. The monoisotopic (exact) mass is 584 g/mol. The number of nitrogens with one attached hydrogen (secondary N) is 1. The van der Waals surface area contributed by atoms with Gasteiger partial charge in [0.1, 0.15) is 11.8 Å². The van der Waals surface area contributed by atoms with E-state index >= 15 is 0 Å². The van der Waals surface area contributed by atoms with Crippen LogP contribution in [0.1, 0.15) is 65.5 Å². The van der Waals surface area contributed by atoms with Crippen LogP contribution >= 0.6 is 39.1 Å². The molecule has 2 amide bonds. The van der Waals surface area contributed by atoms with Gasteiger partial charge >= 0.3 is 0 Å². The van der Waals surface area contributed by atoms with Gasteiger partial charge in [-0.1, -0.05) is 70.0 Å². The number of carbonyl (C=O) groups is 2. The zero-order chi connectivity index (χ0) is 26.3. The molecule has 2 rings (SSSR count). The lowest BCUT2D eigenvalue weighted by molar-refractivity contribution is -0.143. The lowest BCUT2D eigenvalue weighted by Crippen LogP contribution is -2.51. The number of hydrogen-bond donors (Lipinski definition) is 1. The molecule has 5 nitrogen and oxygen atoms in total. The Morgan fingerprint density at radius 2 is 1.71 bits per heavy atom. The van der Waals surface area contributed by atoms with Crippen molar-refractivity contribution in [3.8, 4) is 5.75 Å². The van der Waals surface area contributed by atoms with E-state index in [1.165, 1.54) is 4.90 Å². The van der Waals surface area contributed by atoms with Gasteiger partial charge in [0.05, 0.1) is 4.47 Å². The Morgan fingerprint density at radius 1 is 1.09 bits per heavy atom. The van der Waals surface area contributed by atoms with Crippen LogP contribution in [0.25, 0.3) is 0 Å². The quantitative estimate of drug-likeness (QED) is 0.322. The Kier molecular flexibility index (Phi) is 10.9. The first-order valence-corrected chi connectivity index (χ1v) is 13.4. The minimum Gasteiger partial charge on any atom is -0.483 e. The molecule has 1 N–H and O–H groups in total. The van der Waals surface area contributed by atoms with Crippen LogP contribution in [0.2, 0.25) is 10.0 Å². The molecule has 0 fully saturated rings. The molecule has 2 aromatic rings. The maximum absolute atomic E-state index is 13.5. The molecule has 0 aromatic heterocycles. The van der Waals surface area contributed by atoms with Crippen molar-refractivity contribution in [2.45, 2.75) is 78.4 Å². The number of rotatable bonds is 10. The number of halogens is 3. The van der Waals surface area contributed by atoms with E-state index in [2.05, 4.69) is 42.0 Å². The van der Waals surface area contributed by atoms with Crippen molar-refractivity contribution >= 4 is 50.9 Å². The van der Waals surface area contributed by atoms with Crippen molar-refractivity contribution in [1.29, 1.82) is 0 Å². The highest BCUT2D eigenvalue weighted by molar-refractivity contribution is 9.10. The fourth-order valence-corrected chi connectivity index (χ4v) is 4.53. The number of hydrogen-bond acceptors (Lipinski definition) is 3. The molecule has 35 heavy (non-hydrogen) atoms. The summed E-state index contributed by atoms with van der Waals surface area (Å²) in [5, 5.41) is 3.86. The third-order valence-corrected chi connectivity index (χ3v) is 7.25. The van der Waals surface area contributed by atoms with Crippen LogP contribution in [0.4, 0.5) is 0 Å². The molecule has 0 saturated heterocycles. The Bertz CT molecular complexity index is 1020. The van der Waals surface area contributed by atoms with Gasteiger partial charge in [-0.2, -0.15) is 0 Å². The first-order chi connectivity index (χ1) is 16.4. The predicted molar refractivity (Wildman–Crippen MR) is 147 cm³/mol. The van der Waals surface area contributed by atoms with Gasteiger partial charge in [-0.3, -0.25) is 9.59 Å². The first kappa shape index (κ1) is 29.5. The molecule has 0 aliphatic carbocycles. The Labute approximate surface area is 227 Å². The van der Waals surface area contributed by atoms with Crippen molar-refractivity contribution in [3.05, 3.63) is 62.0 Å². The van der Waals surface area contributed by atoms with Crippen LogP contribution in [0, 0.1) is 0 Å². The summed E-state index contributed by atoms with van der Waals surface area (Å²) >= 11 is 16.3. The average molecular weight is 586 g/mol. The summed E-state index contributed by atoms with van der Waals surface area (Å²) in [6, 6.07) is 10.3. The summed E-state index contributed by atoms with van der Waals surface area (Å²) < 4.78 is 6.65. The molecular formula is C27H35BrCl2N2O3. The van der Waals surface area contributed by atoms with Crippen LogP contribution in [-0.2, 0) is 21.5 Å². The second-order valence-electron chi connectivity index (χ2n) is 9.65. The van der Waals surface area contributed by atoms with Crippen molar-refractivity contribution < 1.29 is 14.3 Å². The van der Waals surface area contributed by atoms with Crippen LogP contribution in [0.3, 0.4) is 0 Å². The maximum atomic E-state index is 13.5. The van der Waals surface area contributed by atoms with Crippen LogP contribution in [0.15, 0.2) is 40.9 Å². The number of nitrogens with zero attached hydrogens (tertiary/aromatic N) is 1. The number of carbonyl (C=O) groups excluding carboxylic acids is 2. The zero-order valence-electron chi connectivity index (χ0n) is 21.3. The Hall–Kier alpha value is -1.76. The highest BCUT2D eigenvalue weighted by Gasteiger charge is 2.30. The topological polar surface area (TPSA) is 58.6 Å². The van der Waals surface area contributed by atoms with Gasteiger partial charge in [-0.15, -0.1) is 0 Å². The molecule has 0 heterocycles. The van der Waals surface area contributed by atoms with Gasteiger partial charge in [0.15, 0.2) is 6.61 Å². The van der Waals surface area contributed by atoms with E-state index in [-0.39, 0.29) is 36.4 Å². The largest absolute Gasteiger partial charge is 0.483 e. The fraction of sp³-hybridized carbons (Fsp3) is 0.481. The second-order valence-corrected chi connectivity index (χ2v) is 11.3. The van der Waals surface area contributed by atoms with Crippen molar-refractivity contribution in [2.24, 2.45) is 0 Å². The summed E-state index contributed by atoms with van der Waals surface area (Å²) in [4.78, 5) is 28.1. The lowest BCUT2D eigenvalue weighted by atomic mass is 9.87. The van der Waals surface area contributed by atoms with E-state index in [0.29, 0.717) is 27.8 Å². The summed E-state index contributed by atoms with van der Waals surface area (Å²) in [6.07, 6.45) is 1.22. The lowest BCUT2D eigenvalue weighted by Gasteiger charge is -2.32.